The molecule has 2 aliphatic rings. The van der Waals surface area contributed by atoms with Crippen LogP contribution in [-0.2, 0) is 25.6 Å². The Balaban J connectivity index is 0.000000374. The zero-order valence-electron chi connectivity index (χ0n) is 20.9. The van der Waals surface area contributed by atoms with Crippen molar-refractivity contribution in [2.24, 2.45) is 17.6 Å². The van der Waals surface area contributed by atoms with Gasteiger partial charge in [-0.1, -0.05) is 0 Å². The Kier molecular flexibility index (Phi) is 14.5. The summed E-state index contributed by atoms with van der Waals surface area (Å²) >= 11 is 0. The highest BCUT2D eigenvalue weighted by atomic mass is 16.5. The number of hydrogen-bond donors (Lipinski definition) is 5. The van der Waals surface area contributed by atoms with Gasteiger partial charge in [0.05, 0.1) is 18.2 Å². The van der Waals surface area contributed by atoms with Crippen LogP contribution in [0.4, 0.5) is 0 Å². The fraction of sp³-hybridized carbons (Fsp3) is 0.423. The molecule has 2 fully saturated rings. The first kappa shape index (κ1) is 31.8. The molecule has 12 nitrogen and oxygen atoms in total. The average Bonchev–Trinajstić information content (AvgIpc) is 3.59. The van der Waals surface area contributed by atoms with Gasteiger partial charge in [0.2, 0.25) is 0 Å². The number of hydrogen-bond acceptors (Lipinski definition) is 8. The highest BCUT2D eigenvalue weighted by Gasteiger charge is 2.23. The van der Waals surface area contributed by atoms with Crippen molar-refractivity contribution in [3.05, 3.63) is 53.6 Å². The molecule has 38 heavy (non-hydrogen) atoms. The summed E-state index contributed by atoms with van der Waals surface area (Å²) < 4.78 is 5.97. The van der Waals surface area contributed by atoms with E-state index in [-0.39, 0.29) is 0 Å². The molecule has 1 atom stereocenters. The first-order valence-electron chi connectivity index (χ1n) is 11.9. The van der Waals surface area contributed by atoms with Gasteiger partial charge in [0, 0.05) is 37.4 Å². The molecule has 12 heteroatoms. The van der Waals surface area contributed by atoms with Crippen LogP contribution >= 0.6 is 0 Å². The van der Waals surface area contributed by atoms with Gasteiger partial charge in [0.25, 0.3) is 0 Å². The normalized spacial score (nSPS) is 16.6. The Hall–Kier alpha value is -4.21. The van der Waals surface area contributed by atoms with Crippen LogP contribution in [-0.4, -0.2) is 82.0 Å². The van der Waals surface area contributed by atoms with Crippen molar-refractivity contribution in [3.63, 3.8) is 0 Å². The second-order valence-electron chi connectivity index (χ2n) is 8.65. The number of nitrogens with two attached hydrogens (primary N) is 1. The van der Waals surface area contributed by atoms with E-state index in [4.69, 9.17) is 36.2 Å². The van der Waals surface area contributed by atoms with Gasteiger partial charge in [0.1, 0.15) is 5.75 Å². The van der Waals surface area contributed by atoms with Crippen LogP contribution in [0.5, 0.6) is 5.75 Å². The second kappa shape index (κ2) is 17.3. The minimum absolute atomic E-state index is 0.558. The topological polar surface area (TPSA) is 211 Å². The third-order valence-corrected chi connectivity index (χ3v) is 5.50. The molecule has 0 bridgehead atoms. The van der Waals surface area contributed by atoms with E-state index in [1.54, 1.807) is 0 Å². The largest absolute Gasteiger partial charge is 0.493 e. The number of carboxylic acids is 4. The van der Waals surface area contributed by atoms with Gasteiger partial charge in [-0.15, -0.1) is 0 Å². The van der Waals surface area contributed by atoms with E-state index in [9.17, 15) is 19.2 Å². The summed E-state index contributed by atoms with van der Waals surface area (Å²) in [6, 6.07) is 8.03. The number of carbonyl (C=O) groups is 4. The molecule has 1 saturated heterocycles. The number of ether oxygens (including phenoxy) is 1. The molecular formula is C26H33N3O9. The summed E-state index contributed by atoms with van der Waals surface area (Å²) in [7, 11) is 0. The van der Waals surface area contributed by atoms with Gasteiger partial charge in [-0.2, -0.15) is 5.26 Å². The number of benzene rings is 1. The first-order valence-corrected chi connectivity index (χ1v) is 11.9. The fourth-order valence-corrected chi connectivity index (χ4v) is 3.35. The predicted octanol–water partition coefficient (Wildman–Crippen LogP) is 1.59. The third kappa shape index (κ3) is 15.0. The maximum absolute atomic E-state index is 9.55. The predicted molar refractivity (Wildman–Crippen MR) is 136 cm³/mol. The lowest BCUT2D eigenvalue weighted by atomic mass is 10.1. The summed E-state index contributed by atoms with van der Waals surface area (Å²) in [5, 5.41) is 40.4. The van der Waals surface area contributed by atoms with Crippen molar-refractivity contribution in [1.29, 1.82) is 5.26 Å². The summed E-state index contributed by atoms with van der Waals surface area (Å²) in [6.07, 6.45) is 6.96. The monoisotopic (exact) mass is 531 g/mol. The van der Waals surface area contributed by atoms with E-state index in [1.165, 1.54) is 19.3 Å². The van der Waals surface area contributed by atoms with E-state index in [1.807, 2.05) is 18.2 Å². The van der Waals surface area contributed by atoms with Crippen molar-refractivity contribution in [1.82, 2.24) is 4.90 Å². The highest BCUT2D eigenvalue weighted by molar-refractivity contribution is 5.90. The molecular weight excluding hydrogens is 498 g/mol. The highest BCUT2D eigenvalue weighted by Crippen LogP contribution is 2.31. The average molecular weight is 532 g/mol. The summed E-state index contributed by atoms with van der Waals surface area (Å²) in [4.78, 5) is 40.7. The van der Waals surface area contributed by atoms with Crippen LogP contribution in [0.1, 0.15) is 30.4 Å². The molecule has 0 unspecified atom stereocenters. The Morgan fingerprint density at radius 1 is 0.947 bits per heavy atom. The van der Waals surface area contributed by atoms with Crippen LogP contribution in [0.25, 0.3) is 0 Å². The Morgan fingerprint density at radius 3 is 1.92 bits per heavy atom. The molecule has 0 spiro atoms. The number of likely N-dealkylation sites (tertiary alicyclic amines) is 1. The molecule has 3 rings (SSSR count). The molecule has 1 aromatic carbocycles. The van der Waals surface area contributed by atoms with Crippen molar-refractivity contribution in [3.8, 4) is 11.8 Å². The molecule has 1 aromatic rings. The minimum atomic E-state index is -1.26. The van der Waals surface area contributed by atoms with E-state index in [0.717, 1.165) is 62.0 Å². The van der Waals surface area contributed by atoms with E-state index < -0.39 is 23.9 Å². The molecule has 6 N–H and O–H groups in total. The van der Waals surface area contributed by atoms with Gasteiger partial charge in [-0.25, -0.2) is 19.2 Å². The lowest BCUT2D eigenvalue weighted by Crippen LogP contribution is -2.25. The first-order chi connectivity index (χ1) is 18.0. The van der Waals surface area contributed by atoms with E-state index in [2.05, 4.69) is 11.0 Å². The summed E-state index contributed by atoms with van der Waals surface area (Å²) in [5.74, 6) is -2.68. The summed E-state index contributed by atoms with van der Waals surface area (Å²) in [6.45, 7) is 4.87. The van der Waals surface area contributed by atoms with Crippen molar-refractivity contribution >= 4 is 23.9 Å². The standard InChI is InChI=1S/C18H25N3O.2C4H4O4/c19-10-15-3-4-18(22-13-14-1-2-14)17(9-15)6-8-21-7-5-16(11-20)12-21;2*5-3(6)1-2-4(7)8/h3-4,9,14,16H,1-2,5-8,11-13,20H2;2*1-2H,(H,5,6)(H,7,8)/b;2*2-1+/t16-;;/m0../s1. The van der Waals surface area contributed by atoms with Gasteiger partial charge >= 0.3 is 23.9 Å². The van der Waals surface area contributed by atoms with E-state index >= 15 is 0 Å². The zero-order valence-corrected chi connectivity index (χ0v) is 20.9. The molecule has 1 saturated carbocycles. The molecule has 1 heterocycles. The van der Waals surface area contributed by atoms with E-state index in [0.29, 0.717) is 30.2 Å². The number of aliphatic carboxylic acids is 4. The number of nitriles is 1. The van der Waals surface area contributed by atoms with Gasteiger partial charge in [0.15, 0.2) is 0 Å². The third-order valence-electron chi connectivity index (χ3n) is 5.50. The van der Waals surface area contributed by atoms with Gasteiger partial charge in [-0.3, -0.25) is 0 Å². The number of nitrogens with zero attached hydrogens (tertiary/aromatic N) is 2. The molecule has 0 radical (unpaired) electrons. The second-order valence-corrected chi connectivity index (χ2v) is 8.65. The van der Waals surface area contributed by atoms with Crippen molar-refractivity contribution < 1.29 is 44.3 Å². The maximum Gasteiger partial charge on any atom is 0.328 e. The van der Waals surface area contributed by atoms with Crippen LogP contribution in [0.3, 0.4) is 0 Å². The Labute approximate surface area is 220 Å². The van der Waals surface area contributed by atoms with Crippen molar-refractivity contribution in [2.45, 2.75) is 25.7 Å². The molecule has 206 valence electrons. The lowest BCUT2D eigenvalue weighted by Gasteiger charge is -2.17. The fourth-order valence-electron chi connectivity index (χ4n) is 3.35. The summed E-state index contributed by atoms with van der Waals surface area (Å²) in [5.41, 5.74) is 7.64. The SMILES string of the molecule is N#Cc1ccc(OCC2CC2)c(CCN2CC[C@@H](CN)C2)c1.O=C(O)/C=C/C(=O)O.O=C(O)/C=C/C(=O)O. The van der Waals surface area contributed by atoms with Crippen LogP contribution < -0.4 is 10.5 Å². The van der Waals surface area contributed by atoms with Crippen LogP contribution in [0, 0.1) is 23.2 Å². The van der Waals surface area contributed by atoms with Crippen LogP contribution in [0.2, 0.25) is 0 Å². The quantitative estimate of drug-likeness (QED) is 0.258. The molecule has 0 amide bonds. The Bertz CT molecular complexity index is 993. The van der Waals surface area contributed by atoms with Crippen LogP contribution in [0.15, 0.2) is 42.5 Å². The molecule has 0 aromatic heterocycles. The van der Waals surface area contributed by atoms with Gasteiger partial charge < -0.3 is 35.8 Å². The zero-order chi connectivity index (χ0) is 28.5. The number of carboxylic acid groups (broad SMARTS) is 4. The molecule has 1 aliphatic heterocycles. The van der Waals surface area contributed by atoms with Crippen molar-refractivity contribution in [2.75, 3.05) is 32.8 Å². The minimum Gasteiger partial charge on any atom is -0.493 e. The maximum atomic E-state index is 9.55. The Morgan fingerprint density at radius 2 is 1.50 bits per heavy atom. The van der Waals surface area contributed by atoms with Gasteiger partial charge in [-0.05, 0) is 74.4 Å². The smallest absolute Gasteiger partial charge is 0.328 e. The number of rotatable bonds is 11. The lowest BCUT2D eigenvalue weighted by molar-refractivity contribution is -0.134. The molecule has 1 aliphatic carbocycles.